The number of rotatable bonds is 7. The molecule has 1 amide bonds. The number of hydrogen-bond acceptors (Lipinski definition) is 4. The van der Waals surface area contributed by atoms with Gasteiger partial charge in [0.1, 0.15) is 6.54 Å². The largest absolute Gasteiger partial charge is 0.480 e. The summed E-state index contributed by atoms with van der Waals surface area (Å²) in [6.07, 6.45) is 1.14. The van der Waals surface area contributed by atoms with Crippen LogP contribution in [0.2, 0.25) is 0 Å². The number of carboxylic acids is 1. The predicted molar refractivity (Wildman–Crippen MR) is 102 cm³/mol. The Morgan fingerprint density at radius 1 is 1.26 bits per heavy atom. The Bertz CT molecular complexity index is 774. The second-order valence-electron chi connectivity index (χ2n) is 7.52. The number of aliphatic carboxylic acids is 1. The first-order chi connectivity index (χ1) is 12.6. The van der Waals surface area contributed by atoms with Crippen molar-refractivity contribution in [2.75, 3.05) is 26.2 Å². The summed E-state index contributed by atoms with van der Waals surface area (Å²) in [5.41, 5.74) is 0.971. The summed E-state index contributed by atoms with van der Waals surface area (Å²) in [6.45, 7) is 6.14. The molecule has 1 saturated heterocycles. The zero-order valence-corrected chi connectivity index (χ0v) is 16.9. The van der Waals surface area contributed by atoms with Crippen LogP contribution in [0.3, 0.4) is 0 Å². The molecule has 8 heteroatoms. The quantitative estimate of drug-likeness (QED) is 0.760. The van der Waals surface area contributed by atoms with Crippen LogP contribution in [0.1, 0.15) is 32.3 Å². The number of nitrogens with zero attached hydrogens (tertiary/aromatic N) is 2. The average Bonchev–Trinajstić information content (AvgIpc) is 2.60. The number of aryl methyl sites for hydroxylation is 1. The van der Waals surface area contributed by atoms with E-state index in [0.717, 1.165) is 5.56 Å². The van der Waals surface area contributed by atoms with Crippen molar-refractivity contribution in [2.45, 2.75) is 38.5 Å². The molecule has 1 aliphatic rings. The van der Waals surface area contributed by atoms with E-state index in [4.69, 9.17) is 5.11 Å². The van der Waals surface area contributed by atoms with Crippen molar-refractivity contribution in [3.05, 3.63) is 29.8 Å². The first-order valence-electron chi connectivity index (χ1n) is 9.18. The van der Waals surface area contributed by atoms with Crippen molar-refractivity contribution >= 4 is 21.9 Å². The lowest BCUT2D eigenvalue weighted by Crippen LogP contribution is -2.48. The van der Waals surface area contributed by atoms with E-state index >= 15 is 0 Å². The topological polar surface area (TPSA) is 95.0 Å². The highest BCUT2D eigenvalue weighted by molar-refractivity contribution is 7.89. The van der Waals surface area contributed by atoms with Gasteiger partial charge in [-0.3, -0.25) is 9.59 Å². The number of carbonyl (C=O) groups excluding carboxylic acids is 1. The van der Waals surface area contributed by atoms with E-state index < -0.39 is 21.9 Å². The highest BCUT2D eigenvalue weighted by Crippen LogP contribution is 2.25. The summed E-state index contributed by atoms with van der Waals surface area (Å²) < 4.78 is 27.1. The normalized spacial score (nSPS) is 18.4. The first-order valence-corrected chi connectivity index (χ1v) is 10.6. The van der Waals surface area contributed by atoms with Gasteiger partial charge in [-0.1, -0.05) is 31.5 Å². The molecule has 1 heterocycles. The molecule has 0 radical (unpaired) electrons. The van der Waals surface area contributed by atoms with Crippen molar-refractivity contribution in [3.8, 4) is 0 Å². The minimum Gasteiger partial charge on any atom is -0.480 e. The van der Waals surface area contributed by atoms with E-state index in [1.807, 2.05) is 20.8 Å². The average molecular weight is 397 g/mol. The molecule has 0 bridgehead atoms. The molecule has 1 atom stereocenters. The molecule has 1 fully saturated rings. The highest BCUT2D eigenvalue weighted by atomic mass is 32.2. The minimum atomic E-state index is -3.67. The number of carbonyl (C=O) groups is 2. The summed E-state index contributed by atoms with van der Waals surface area (Å²) in [7, 11) is -3.67. The Morgan fingerprint density at radius 2 is 1.89 bits per heavy atom. The molecule has 0 aromatic heterocycles. The van der Waals surface area contributed by atoms with Crippen LogP contribution in [0.15, 0.2) is 29.2 Å². The van der Waals surface area contributed by atoms with Crippen LogP contribution < -0.4 is 0 Å². The number of sulfonamides is 1. The van der Waals surface area contributed by atoms with Crippen molar-refractivity contribution in [1.82, 2.24) is 9.21 Å². The van der Waals surface area contributed by atoms with Crippen LogP contribution in [-0.4, -0.2) is 60.8 Å². The SMILES string of the molecule is Cc1ccc(S(=O)(=O)N2CCCC(C(=O)N(CC(=O)O)CC(C)C)C2)cc1. The molecular formula is C19H28N2O5S. The molecule has 27 heavy (non-hydrogen) atoms. The van der Waals surface area contributed by atoms with E-state index in [9.17, 15) is 18.0 Å². The Hall–Kier alpha value is -1.93. The van der Waals surface area contributed by atoms with E-state index in [1.165, 1.54) is 9.21 Å². The summed E-state index contributed by atoms with van der Waals surface area (Å²) in [5.74, 6) is -1.74. The van der Waals surface area contributed by atoms with Gasteiger partial charge < -0.3 is 10.0 Å². The zero-order valence-electron chi connectivity index (χ0n) is 16.1. The van der Waals surface area contributed by atoms with Gasteiger partial charge in [-0.05, 0) is 37.8 Å². The standard InChI is InChI=1S/C19H28N2O5S/c1-14(2)11-20(13-18(22)23)19(24)16-5-4-10-21(12-16)27(25,26)17-8-6-15(3)7-9-17/h6-9,14,16H,4-5,10-13H2,1-3H3,(H,22,23). The van der Waals surface area contributed by atoms with Crippen LogP contribution in [-0.2, 0) is 19.6 Å². The molecule has 1 aromatic carbocycles. The van der Waals surface area contributed by atoms with Crippen LogP contribution in [0, 0.1) is 18.8 Å². The smallest absolute Gasteiger partial charge is 0.323 e. The number of hydrogen-bond donors (Lipinski definition) is 1. The van der Waals surface area contributed by atoms with Gasteiger partial charge in [-0.2, -0.15) is 4.31 Å². The van der Waals surface area contributed by atoms with Gasteiger partial charge in [0, 0.05) is 19.6 Å². The third-order valence-electron chi connectivity index (χ3n) is 4.62. The van der Waals surface area contributed by atoms with Crippen LogP contribution in [0.5, 0.6) is 0 Å². The second-order valence-corrected chi connectivity index (χ2v) is 9.46. The van der Waals surface area contributed by atoms with Gasteiger partial charge in [0.2, 0.25) is 15.9 Å². The van der Waals surface area contributed by atoms with Gasteiger partial charge in [-0.15, -0.1) is 0 Å². The van der Waals surface area contributed by atoms with Crippen molar-refractivity contribution in [1.29, 1.82) is 0 Å². The molecule has 0 spiro atoms. The van der Waals surface area contributed by atoms with Crippen molar-refractivity contribution in [3.63, 3.8) is 0 Å². The maximum Gasteiger partial charge on any atom is 0.323 e. The summed E-state index contributed by atoms with van der Waals surface area (Å²) in [4.78, 5) is 25.5. The molecule has 0 aliphatic carbocycles. The number of carboxylic acid groups (broad SMARTS) is 1. The maximum atomic E-state index is 12.9. The van der Waals surface area contributed by atoms with Crippen molar-refractivity contribution in [2.24, 2.45) is 11.8 Å². The molecule has 1 unspecified atom stereocenters. The fraction of sp³-hybridized carbons (Fsp3) is 0.579. The number of piperidine rings is 1. The van der Waals surface area contributed by atoms with Gasteiger partial charge in [0.05, 0.1) is 10.8 Å². The monoisotopic (exact) mass is 396 g/mol. The Kier molecular flexibility index (Phi) is 7.00. The van der Waals surface area contributed by atoms with Gasteiger partial charge in [0.15, 0.2) is 0 Å². The van der Waals surface area contributed by atoms with Gasteiger partial charge in [0.25, 0.3) is 0 Å². The van der Waals surface area contributed by atoms with Crippen molar-refractivity contribution < 1.29 is 23.1 Å². The lowest BCUT2D eigenvalue weighted by Gasteiger charge is -2.34. The molecular weight excluding hydrogens is 368 g/mol. The Balaban J connectivity index is 2.17. The third-order valence-corrected chi connectivity index (χ3v) is 6.49. The molecule has 0 saturated carbocycles. The Morgan fingerprint density at radius 3 is 2.44 bits per heavy atom. The zero-order chi connectivity index (χ0) is 20.2. The summed E-state index contributed by atoms with van der Waals surface area (Å²) in [6, 6.07) is 6.64. The molecule has 2 rings (SSSR count). The molecule has 150 valence electrons. The fourth-order valence-electron chi connectivity index (χ4n) is 3.32. The maximum absolute atomic E-state index is 12.9. The minimum absolute atomic E-state index is 0.0866. The van der Waals surface area contributed by atoms with Gasteiger partial charge >= 0.3 is 5.97 Å². The molecule has 1 aromatic rings. The molecule has 1 aliphatic heterocycles. The van der Waals surface area contributed by atoms with E-state index in [0.29, 0.717) is 25.9 Å². The first kappa shape index (κ1) is 21.4. The molecule has 1 N–H and O–H groups in total. The fourth-order valence-corrected chi connectivity index (χ4v) is 4.84. The van der Waals surface area contributed by atoms with Gasteiger partial charge in [-0.25, -0.2) is 8.42 Å². The highest BCUT2D eigenvalue weighted by Gasteiger charge is 2.35. The lowest BCUT2D eigenvalue weighted by molar-refractivity contribution is -0.147. The lowest BCUT2D eigenvalue weighted by atomic mass is 9.97. The predicted octanol–water partition coefficient (Wildman–Crippen LogP) is 1.96. The number of amides is 1. The summed E-state index contributed by atoms with van der Waals surface area (Å²) in [5, 5.41) is 9.10. The van der Waals surface area contributed by atoms with E-state index in [-0.39, 0.29) is 29.8 Å². The van der Waals surface area contributed by atoms with Crippen LogP contribution >= 0.6 is 0 Å². The summed E-state index contributed by atoms with van der Waals surface area (Å²) >= 11 is 0. The number of benzene rings is 1. The Labute approximate surface area is 161 Å². The van der Waals surface area contributed by atoms with E-state index in [2.05, 4.69) is 0 Å². The molecule has 7 nitrogen and oxygen atoms in total. The van der Waals surface area contributed by atoms with Crippen LogP contribution in [0.25, 0.3) is 0 Å². The van der Waals surface area contributed by atoms with Crippen LogP contribution in [0.4, 0.5) is 0 Å². The van der Waals surface area contributed by atoms with E-state index in [1.54, 1.807) is 24.3 Å². The third kappa shape index (κ3) is 5.52. The second kappa shape index (κ2) is 8.84.